The Labute approximate surface area is 102 Å². The summed E-state index contributed by atoms with van der Waals surface area (Å²) in [4.78, 5) is 22.4. The zero-order chi connectivity index (χ0) is 12.9. The van der Waals surface area contributed by atoms with Gasteiger partial charge in [0, 0.05) is 13.1 Å². The van der Waals surface area contributed by atoms with Crippen molar-refractivity contribution in [2.24, 2.45) is 17.1 Å². The number of nitrogens with one attached hydrogen (secondary N) is 1. The molecule has 1 fully saturated rings. The van der Waals surface area contributed by atoms with Crippen LogP contribution < -0.4 is 11.1 Å². The van der Waals surface area contributed by atoms with E-state index in [0.717, 1.165) is 19.3 Å². The number of carbonyl (C=O) groups is 2. The molecular formula is C12H22N2O3. The minimum atomic E-state index is -0.784. The summed E-state index contributed by atoms with van der Waals surface area (Å²) in [5.74, 6) is -1.10. The summed E-state index contributed by atoms with van der Waals surface area (Å²) < 4.78 is 0. The lowest BCUT2D eigenvalue weighted by Crippen LogP contribution is -2.50. The summed E-state index contributed by atoms with van der Waals surface area (Å²) in [7, 11) is 0. The third-order valence-corrected chi connectivity index (χ3v) is 3.70. The molecule has 0 aromatic rings. The van der Waals surface area contributed by atoms with E-state index in [0.29, 0.717) is 25.9 Å². The van der Waals surface area contributed by atoms with E-state index in [1.807, 2.05) is 0 Å². The maximum atomic E-state index is 11.8. The first-order valence-corrected chi connectivity index (χ1v) is 6.23. The van der Waals surface area contributed by atoms with Gasteiger partial charge in [0.1, 0.15) is 0 Å². The van der Waals surface area contributed by atoms with Gasteiger partial charge in [-0.25, -0.2) is 0 Å². The monoisotopic (exact) mass is 242 g/mol. The van der Waals surface area contributed by atoms with Crippen molar-refractivity contribution in [3.63, 3.8) is 0 Å². The van der Waals surface area contributed by atoms with Crippen LogP contribution in [-0.4, -0.2) is 30.1 Å². The number of aliphatic carboxylic acids is 1. The average molecular weight is 242 g/mol. The van der Waals surface area contributed by atoms with Crippen LogP contribution >= 0.6 is 0 Å². The van der Waals surface area contributed by atoms with Crippen molar-refractivity contribution in [1.82, 2.24) is 5.32 Å². The number of hydrogen-bond acceptors (Lipinski definition) is 3. The molecule has 5 heteroatoms. The Morgan fingerprint density at radius 3 is 2.53 bits per heavy atom. The van der Waals surface area contributed by atoms with E-state index in [-0.39, 0.29) is 17.2 Å². The maximum Gasteiger partial charge on any atom is 0.306 e. The van der Waals surface area contributed by atoms with E-state index in [1.165, 1.54) is 0 Å². The average Bonchev–Trinajstić information content (AvgIpc) is 2.23. The molecule has 0 radical (unpaired) electrons. The first kappa shape index (κ1) is 14.0. The van der Waals surface area contributed by atoms with Gasteiger partial charge in [0.15, 0.2) is 0 Å². The third-order valence-electron chi connectivity index (χ3n) is 3.70. The van der Waals surface area contributed by atoms with Gasteiger partial charge in [-0.3, -0.25) is 9.59 Å². The summed E-state index contributed by atoms with van der Waals surface area (Å²) in [6.07, 6.45) is 4.10. The molecule has 0 aromatic heterocycles. The van der Waals surface area contributed by atoms with Crippen LogP contribution in [0.4, 0.5) is 0 Å². The second-order valence-corrected chi connectivity index (χ2v) is 4.98. The Hall–Kier alpha value is -1.10. The molecule has 4 N–H and O–H groups in total. The van der Waals surface area contributed by atoms with Crippen LogP contribution in [0.1, 0.15) is 39.0 Å². The van der Waals surface area contributed by atoms with Gasteiger partial charge in [0.2, 0.25) is 5.91 Å². The molecule has 1 saturated carbocycles. The van der Waals surface area contributed by atoms with Crippen LogP contribution in [0.25, 0.3) is 0 Å². The number of carboxylic acid groups (broad SMARTS) is 1. The lowest BCUT2D eigenvalue weighted by molar-refractivity contribution is -0.141. The topological polar surface area (TPSA) is 92.4 Å². The molecule has 1 unspecified atom stereocenters. The van der Waals surface area contributed by atoms with E-state index in [4.69, 9.17) is 10.8 Å². The van der Waals surface area contributed by atoms with Gasteiger partial charge in [-0.15, -0.1) is 0 Å². The Balaban J connectivity index is 2.18. The van der Waals surface area contributed by atoms with Crippen LogP contribution in [0.15, 0.2) is 0 Å². The van der Waals surface area contributed by atoms with Crippen molar-refractivity contribution in [2.75, 3.05) is 13.1 Å². The fourth-order valence-electron chi connectivity index (χ4n) is 2.05. The zero-order valence-corrected chi connectivity index (χ0v) is 10.4. The number of rotatable bonds is 7. The third kappa shape index (κ3) is 3.43. The van der Waals surface area contributed by atoms with Gasteiger partial charge in [0.05, 0.1) is 11.3 Å². The molecule has 0 bridgehead atoms. The van der Waals surface area contributed by atoms with E-state index in [9.17, 15) is 9.59 Å². The summed E-state index contributed by atoms with van der Waals surface area (Å²) in [5, 5.41) is 11.6. The minimum absolute atomic E-state index is 0.0363. The highest BCUT2D eigenvalue weighted by atomic mass is 16.4. The molecule has 1 aliphatic carbocycles. The number of nitrogens with two attached hydrogens (primary N) is 1. The lowest BCUT2D eigenvalue weighted by Gasteiger charge is -2.39. The molecule has 0 aliphatic heterocycles. The summed E-state index contributed by atoms with van der Waals surface area (Å²) in [6.45, 7) is 2.63. The Bertz CT molecular complexity index is 282. The largest absolute Gasteiger partial charge is 0.481 e. The molecule has 1 amide bonds. The standard InChI is InChI=1S/C12H22N2O3/c1-9(10(15)16)4-2-7-14-11(17)12(8-13)5-3-6-12/h9H,2-8,13H2,1H3,(H,14,17)(H,15,16). The number of carbonyl (C=O) groups excluding carboxylic acids is 1. The van der Waals surface area contributed by atoms with Gasteiger partial charge < -0.3 is 16.2 Å². The predicted molar refractivity (Wildman–Crippen MR) is 64.4 cm³/mol. The van der Waals surface area contributed by atoms with Crippen LogP contribution in [0.5, 0.6) is 0 Å². The molecule has 1 rings (SSSR count). The molecule has 0 saturated heterocycles. The number of hydrogen-bond donors (Lipinski definition) is 3. The van der Waals surface area contributed by atoms with Crippen molar-refractivity contribution in [1.29, 1.82) is 0 Å². The van der Waals surface area contributed by atoms with E-state index < -0.39 is 5.97 Å². The van der Waals surface area contributed by atoms with Crippen LogP contribution in [0.3, 0.4) is 0 Å². The van der Waals surface area contributed by atoms with Gasteiger partial charge >= 0.3 is 5.97 Å². The van der Waals surface area contributed by atoms with Crippen molar-refractivity contribution < 1.29 is 14.7 Å². The molecule has 17 heavy (non-hydrogen) atoms. The van der Waals surface area contributed by atoms with Crippen LogP contribution in [0, 0.1) is 11.3 Å². The highest BCUT2D eigenvalue weighted by molar-refractivity contribution is 5.83. The fourth-order valence-corrected chi connectivity index (χ4v) is 2.05. The summed E-state index contributed by atoms with van der Waals surface area (Å²) in [5.41, 5.74) is 5.29. The highest BCUT2D eigenvalue weighted by Gasteiger charge is 2.42. The summed E-state index contributed by atoms with van der Waals surface area (Å²) >= 11 is 0. The second kappa shape index (κ2) is 6.00. The molecular weight excluding hydrogens is 220 g/mol. The second-order valence-electron chi connectivity index (χ2n) is 4.98. The van der Waals surface area contributed by atoms with E-state index in [2.05, 4.69) is 5.32 Å². The SMILES string of the molecule is CC(CCCNC(=O)C1(CN)CCC1)C(=O)O. The Kier molecular flexibility index (Phi) is 4.93. The first-order valence-electron chi connectivity index (χ1n) is 6.23. The number of carboxylic acids is 1. The normalized spacial score (nSPS) is 19.2. The first-order chi connectivity index (χ1) is 8.02. The maximum absolute atomic E-state index is 11.8. The lowest BCUT2D eigenvalue weighted by atomic mass is 9.68. The quantitative estimate of drug-likeness (QED) is 0.574. The summed E-state index contributed by atoms with van der Waals surface area (Å²) in [6, 6.07) is 0. The van der Waals surface area contributed by atoms with Gasteiger partial charge in [0.25, 0.3) is 0 Å². The van der Waals surface area contributed by atoms with Crippen LogP contribution in [0.2, 0.25) is 0 Å². The van der Waals surface area contributed by atoms with Crippen molar-refractivity contribution in [3.05, 3.63) is 0 Å². The fraction of sp³-hybridized carbons (Fsp3) is 0.833. The van der Waals surface area contributed by atoms with Gasteiger partial charge in [-0.1, -0.05) is 13.3 Å². The number of amides is 1. The van der Waals surface area contributed by atoms with E-state index in [1.54, 1.807) is 6.92 Å². The molecule has 0 heterocycles. The van der Waals surface area contributed by atoms with Gasteiger partial charge in [-0.05, 0) is 25.7 Å². The van der Waals surface area contributed by atoms with Crippen molar-refractivity contribution >= 4 is 11.9 Å². The van der Waals surface area contributed by atoms with Crippen molar-refractivity contribution in [3.8, 4) is 0 Å². The molecule has 1 atom stereocenters. The minimum Gasteiger partial charge on any atom is -0.481 e. The van der Waals surface area contributed by atoms with Gasteiger partial charge in [-0.2, -0.15) is 0 Å². The molecule has 1 aliphatic rings. The van der Waals surface area contributed by atoms with Crippen LogP contribution in [-0.2, 0) is 9.59 Å². The molecule has 0 spiro atoms. The molecule has 5 nitrogen and oxygen atoms in total. The highest BCUT2D eigenvalue weighted by Crippen LogP contribution is 2.39. The smallest absolute Gasteiger partial charge is 0.306 e. The predicted octanol–water partition coefficient (Wildman–Crippen LogP) is 0.733. The Morgan fingerprint density at radius 1 is 1.47 bits per heavy atom. The zero-order valence-electron chi connectivity index (χ0n) is 10.4. The molecule has 98 valence electrons. The molecule has 0 aromatic carbocycles. The van der Waals surface area contributed by atoms with Crippen molar-refractivity contribution in [2.45, 2.75) is 39.0 Å². The Morgan fingerprint density at radius 2 is 2.12 bits per heavy atom. The van der Waals surface area contributed by atoms with E-state index >= 15 is 0 Å².